The van der Waals surface area contributed by atoms with E-state index in [0.717, 1.165) is 0 Å². The van der Waals surface area contributed by atoms with Gasteiger partial charge >= 0.3 is 0 Å². The molecule has 1 heterocycles. The Bertz CT molecular complexity index is 320. The Morgan fingerprint density at radius 3 is 2.54 bits per heavy atom. The molecule has 0 radical (unpaired) electrons. The number of rotatable bonds is 3. The van der Waals surface area contributed by atoms with Crippen molar-refractivity contribution in [1.29, 1.82) is 0 Å². The molecular formula is C8H11ClO3S. The number of alkyl halides is 1. The van der Waals surface area contributed by atoms with Crippen LogP contribution >= 0.6 is 11.6 Å². The van der Waals surface area contributed by atoms with E-state index in [4.69, 9.17) is 11.6 Å². The molecule has 5 heteroatoms. The van der Waals surface area contributed by atoms with Crippen molar-refractivity contribution in [3.05, 3.63) is 12.7 Å². The molecule has 0 amide bonds. The van der Waals surface area contributed by atoms with Crippen LogP contribution in [0.4, 0.5) is 0 Å². The predicted molar refractivity (Wildman–Crippen MR) is 51.6 cm³/mol. The highest BCUT2D eigenvalue weighted by Crippen LogP contribution is 2.26. The smallest absolute Gasteiger partial charge is 0.155 e. The Hall–Kier alpha value is -0.350. The third kappa shape index (κ3) is 2.81. The average molecular weight is 223 g/mol. The van der Waals surface area contributed by atoms with Crippen molar-refractivity contribution in [3.63, 3.8) is 0 Å². The first kappa shape index (κ1) is 10.7. The van der Waals surface area contributed by atoms with Crippen LogP contribution in [0, 0.1) is 5.92 Å². The summed E-state index contributed by atoms with van der Waals surface area (Å²) in [7, 11) is -3.02. The molecule has 0 aromatic carbocycles. The molecule has 1 aliphatic heterocycles. The van der Waals surface area contributed by atoms with Crippen molar-refractivity contribution < 1.29 is 13.2 Å². The molecule has 0 spiro atoms. The van der Waals surface area contributed by atoms with Crippen molar-refractivity contribution in [2.45, 2.75) is 11.8 Å². The molecule has 13 heavy (non-hydrogen) atoms. The van der Waals surface area contributed by atoms with Crippen LogP contribution < -0.4 is 0 Å². The monoisotopic (exact) mass is 222 g/mol. The number of hydrogen-bond donors (Lipinski definition) is 0. The highest BCUT2D eigenvalue weighted by molar-refractivity contribution is 7.91. The molecule has 1 fully saturated rings. The molecule has 74 valence electrons. The van der Waals surface area contributed by atoms with Crippen LogP contribution in [0.5, 0.6) is 0 Å². The van der Waals surface area contributed by atoms with Crippen LogP contribution in [-0.4, -0.2) is 31.1 Å². The van der Waals surface area contributed by atoms with Gasteiger partial charge in [-0.2, -0.15) is 0 Å². The first-order valence-electron chi connectivity index (χ1n) is 3.94. The Kier molecular flexibility index (Phi) is 3.14. The summed E-state index contributed by atoms with van der Waals surface area (Å²) in [6.07, 6.45) is 1.39. The van der Waals surface area contributed by atoms with E-state index in [2.05, 4.69) is 6.58 Å². The van der Waals surface area contributed by atoms with Gasteiger partial charge in [0.1, 0.15) is 0 Å². The summed E-state index contributed by atoms with van der Waals surface area (Å²) in [6, 6.07) is 0. The third-order valence-corrected chi connectivity index (χ3v) is 4.58. The summed E-state index contributed by atoms with van der Waals surface area (Å²) in [5.41, 5.74) is 0. The Morgan fingerprint density at radius 1 is 1.54 bits per heavy atom. The maximum absolute atomic E-state index is 11.1. The topological polar surface area (TPSA) is 51.2 Å². The molecule has 0 aliphatic carbocycles. The quantitative estimate of drug-likeness (QED) is 0.524. The fourth-order valence-corrected chi connectivity index (χ4v) is 4.16. The van der Waals surface area contributed by atoms with Crippen LogP contribution in [0.1, 0.15) is 6.42 Å². The summed E-state index contributed by atoms with van der Waals surface area (Å²) in [4.78, 5) is 11.0. The van der Waals surface area contributed by atoms with Crippen molar-refractivity contribution >= 4 is 27.2 Å². The highest BCUT2D eigenvalue weighted by Gasteiger charge is 2.36. The van der Waals surface area contributed by atoms with Gasteiger partial charge in [0.05, 0.1) is 16.9 Å². The third-order valence-electron chi connectivity index (χ3n) is 2.08. The first-order chi connectivity index (χ1) is 5.94. The number of allylic oxidation sites excluding steroid dienone is 1. The number of sulfone groups is 1. The number of carbonyl (C=O) groups is 1. The predicted octanol–water partition coefficient (Wildman–Crippen LogP) is 0.784. The lowest BCUT2D eigenvalue weighted by atomic mass is 10.0. The molecule has 1 aliphatic rings. The second-order valence-corrected chi connectivity index (χ2v) is 5.94. The lowest BCUT2D eigenvalue weighted by molar-refractivity contribution is -0.115. The summed E-state index contributed by atoms with van der Waals surface area (Å²) in [5.74, 6) is -0.366. The van der Waals surface area contributed by atoms with E-state index in [0.29, 0.717) is 0 Å². The summed E-state index contributed by atoms with van der Waals surface area (Å²) in [6.45, 7) is 3.32. The van der Waals surface area contributed by atoms with Gasteiger partial charge in [0.15, 0.2) is 15.6 Å². The lowest BCUT2D eigenvalue weighted by Crippen LogP contribution is -2.15. The van der Waals surface area contributed by atoms with E-state index in [-0.39, 0.29) is 29.6 Å². The summed E-state index contributed by atoms with van der Waals surface area (Å²) in [5, 5.41) is -0.422. The molecule has 2 atom stereocenters. The second kappa shape index (κ2) is 3.80. The van der Waals surface area contributed by atoms with Gasteiger partial charge in [0, 0.05) is 6.42 Å². The molecule has 1 saturated heterocycles. The summed E-state index contributed by atoms with van der Waals surface area (Å²) < 4.78 is 22.2. The molecule has 1 rings (SSSR count). The standard InChI is InChI=1S/C8H11ClO3S/c1-2-7(10)3-6-4-13(11,12)5-8(6)9/h2,6,8H,1,3-5H2. The highest BCUT2D eigenvalue weighted by atomic mass is 35.5. The van der Waals surface area contributed by atoms with Crippen molar-refractivity contribution in [3.8, 4) is 0 Å². The van der Waals surface area contributed by atoms with E-state index < -0.39 is 15.2 Å². The lowest BCUT2D eigenvalue weighted by Gasteiger charge is -2.08. The van der Waals surface area contributed by atoms with E-state index in [1.165, 1.54) is 6.08 Å². The molecule has 0 N–H and O–H groups in total. The fourth-order valence-electron chi connectivity index (χ4n) is 1.41. The Balaban J connectivity index is 2.63. The molecule has 2 unspecified atom stereocenters. The number of carbonyl (C=O) groups excluding carboxylic acids is 1. The molecule has 0 bridgehead atoms. The SMILES string of the molecule is C=CC(=O)CC1CS(=O)(=O)CC1Cl. The van der Waals surface area contributed by atoms with Gasteiger partial charge in [-0.1, -0.05) is 6.58 Å². The van der Waals surface area contributed by atoms with Gasteiger partial charge < -0.3 is 0 Å². The first-order valence-corrected chi connectivity index (χ1v) is 6.20. The minimum absolute atomic E-state index is 0.0103. The van der Waals surface area contributed by atoms with Gasteiger partial charge in [-0.3, -0.25) is 4.79 Å². The molecule has 3 nitrogen and oxygen atoms in total. The van der Waals surface area contributed by atoms with Crippen LogP contribution in [0.25, 0.3) is 0 Å². The zero-order valence-corrected chi connectivity index (χ0v) is 8.64. The normalized spacial score (nSPS) is 31.5. The fraction of sp³-hybridized carbons (Fsp3) is 0.625. The molecular weight excluding hydrogens is 212 g/mol. The van der Waals surface area contributed by atoms with E-state index in [1.54, 1.807) is 0 Å². The second-order valence-electron chi connectivity index (χ2n) is 3.23. The maximum atomic E-state index is 11.1. The molecule has 0 aromatic heterocycles. The summed E-state index contributed by atoms with van der Waals surface area (Å²) >= 11 is 5.80. The minimum atomic E-state index is -3.02. The Morgan fingerprint density at radius 2 is 2.15 bits per heavy atom. The number of halogens is 1. The van der Waals surface area contributed by atoms with Crippen LogP contribution in [0.3, 0.4) is 0 Å². The molecule has 0 aromatic rings. The van der Waals surface area contributed by atoms with E-state index in [9.17, 15) is 13.2 Å². The average Bonchev–Trinajstić information content (AvgIpc) is 2.24. The Labute approximate surface area is 82.7 Å². The van der Waals surface area contributed by atoms with Crippen LogP contribution in [-0.2, 0) is 14.6 Å². The van der Waals surface area contributed by atoms with E-state index >= 15 is 0 Å². The van der Waals surface area contributed by atoms with Crippen LogP contribution in [0.2, 0.25) is 0 Å². The van der Waals surface area contributed by atoms with Gasteiger partial charge in [-0.25, -0.2) is 8.42 Å². The van der Waals surface area contributed by atoms with E-state index in [1.807, 2.05) is 0 Å². The van der Waals surface area contributed by atoms with Crippen molar-refractivity contribution in [2.24, 2.45) is 5.92 Å². The number of hydrogen-bond acceptors (Lipinski definition) is 3. The zero-order chi connectivity index (χ0) is 10.1. The van der Waals surface area contributed by atoms with Crippen molar-refractivity contribution in [2.75, 3.05) is 11.5 Å². The van der Waals surface area contributed by atoms with Gasteiger partial charge in [0.25, 0.3) is 0 Å². The zero-order valence-electron chi connectivity index (χ0n) is 7.07. The minimum Gasteiger partial charge on any atom is -0.295 e. The van der Waals surface area contributed by atoms with Crippen LogP contribution in [0.15, 0.2) is 12.7 Å². The maximum Gasteiger partial charge on any atom is 0.155 e. The number of ketones is 1. The van der Waals surface area contributed by atoms with Crippen molar-refractivity contribution in [1.82, 2.24) is 0 Å². The largest absolute Gasteiger partial charge is 0.295 e. The van der Waals surface area contributed by atoms with Gasteiger partial charge in [-0.05, 0) is 12.0 Å². The molecule has 0 saturated carbocycles. The van der Waals surface area contributed by atoms with Gasteiger partial charge in [0.2, 0.25) is 0 Å². The van der Waals surface area contributed by atoms with Gasteiger partial charge in [-0.15, -0.1) is 11.6 Å².